The highest BCUT2D eigenvalue weighted by molar-refractivity contribution is 6.46. The Hall–Kier alpha value is -3.15. The van der Waals surface area contributed by atoms with Crippen molar-refractivity contribution >= 4 is 17.4 Å². The Morgan fingerprint density at radius 1 is 1.07 bits per heavy atom. The second kappa shape index (κ2) is 8.30. The molecule has 6 heteroatoms. The monoisotopic (exact) mass is 409 g/mol. The van der Waals surface area contributed by atoms with Crippen LogP contribution in [-0.2, 0) is 9.59 Å². The smallest absolute Gasteiger partial charge is 0.295 e. The van der Waals surface area contributed by atoms with E-state index in [0.29, 0.717) is 17.9 Å². The quantitative estimate of drug-likeness (QED) is 0.446. The van der Waals surface area contributed by atoms with Crippen LogP contribution in [0.4, 0.5) is 4.39 Å². The van der Waals surface area contributed by atoms with Crippen LogP contribution < -0.4 is 4.74 Å². The summed E-state index contributed by atoms with van der Waals surface area (Å²) >= 11 is 0. The Kier molecular flexibility index (Phi) is 5.57. The Balaban J connectivity index is 1.83. The summed E-state index contributed by atoms with van der Waals surface area (Å²) in [4.78, 5) is 27.6. The summed E-state index contributed by atoms with van der Waals surface area (Å²) in [5.74, 6) is -1.33. The average molecular weight is 409 g/mol. The number of carbonyl (C=O) groups excluding carboxylic acids is 2. The molecule has 1 saturated carbocycles. The van der Waals surface area contributed by atoms with Crippen molar-refractivity contribution < 1.29 is 23.8 Å². The third-order valence-electron chi connectivity index (χ3n) is 5.82. The van der Waals surface area contributed by atoms with Crippen LogP contribution in [0.25, 0.3) is 5.76 Å². The largest absolute Gasteiger partial charge is 0.507 e. The predicted molar refractivity (Wildman–Crippen MR) is 110 cm³/mol. The standard InChI is InChI=1S/C24H24FNO4/c1-2-30-19-13-9-15(10-14-19)21-20(22(27)16-7-11-17(25)12-8-16)23(28)24(29)26(21)18-5-3-4-6-18/h7-14,18,21,27H,2-6H2,1H3/b22-20-. The number of aliphatic hydroxyl groups excluding tert-OH is 1. The maximum atomic E-state index is 13.3. The van der Waals surface area contributed by atoms with Gasteiger partial charge < -0.3 is 14.7 Å². The van der Waals surface area contributed by atoms with E-state index in [1.54, 1.807) is 17.0 Å². The topological polar surface area (TPSA) is 66.8 Å². The molecule has 2 aliphatic rings. The zero-order valence-electron chi connectivity index (χ0n) is 16.8. The molecule has 1 amide bonds. The van der Waals surface area contributed by atoms with E-state index in [0.717, 1.165) is 31.2 Å². The molecule has 2 aromatic carbocycles. The molecule has 1 aliphatic heterocycles. The van der Waals surface area contributed by atoms with Crippen molar-refractivity contribution in [1.29, 1.82) is 0 Å². The minimum Gasteiger partial charge on any atom is -0.507 e. The highest BCUT2D eigenvalue weighted by atomic mass is 19.1. The number of aliphatic hydroxyl groups is 1. The van der Waals surface area contributed by atoms with Crippen LogP contribution in [0.5, 0.6) is 5.75 Å². The average Bonchev–Trinajstić information content (AvgIpc) is 3.36. The van der Waals surface area contributed by atoms with E-state index in [1.807, 2.05) is 19.1 Å². The molecule has 2 fully saturated rings. The molecule has 5 nitrogen and oxygen atoms in total. The molecule has 0 spiro atoms. The number of ether oxygens (including phenoxy) is 1. The van der Waals surface area contributed by atoms with E-state index in [9.17, 15) is 19.1 Å². The molecule has 30 heavy (non-hydrogen) atoms. The van der Waals surface area contributed by atoms with Crippen LogP contribution in [-0.4, -0.2) is 34.3 Å². The lowest BCUT2D eigenvalue weighted by atomic mass is 9.94. The van der Waals surface area contributed by atoms with Gasteiger partial charge in [-0.05, 0) is 61.7 Å². The summed E-state index contributed by atoms with van der Waals surface area (Å²) in [5, 5.41) is 11.0. The Morgan fingerprint density at radius 2 is 1.70 bits per heavy atom. The molecular formula is C24H24FNO4. The second-order valence-corrected chi connectivity index (χ2v) is 7.65. The van der Waals surface area contributed by atoms with E-state index in [1.165, 1.54) is 24.3 Å². The summed E-state index contributed by atoms with van der Waals surface area (Å²) < 4.78 is 18.8. The van der Waals surface area contributed by atoms with Gasteiger partial charge in [-0.15, -0.1) is 0 Å². The van der Waals surface area contributed by atoms with Crippen molar-refractivity contribution in [3.05, 3.63) is 71.0 Å². The summed E-state index contributed by atoms with van der Waals surface area (Å²) in [6.07, 6.45) is 3.66. The summed E-state index contributed by atoms with van der Waals surface area (Å²) in [6, 6.07) is 11.7. The Bertz CT molecular complexity index is 975. The first-order valence-electron chi connectivity index (χ1n) is 10.3. The lowest BCUT2D eigenvalue weighted by Gasteiger charge is -2.30. The number of hydrogen-bond donors (Lipinski definition) is 1. The van der Waals surface area contributed by atoms with Crippen LogP contribution in [0.1, 0.15) is 49.8 Å². The lowest BCUT2D eigenvalue weighted by molar-refractivity contribution is -0.141. The van der Waals surface area contributed by atoms with Gasteiger partial charge in [0.1, 0.15) is 17.3 Å². The van der Waals surface area contributed by atoms with E-state index in [4.69, 9.17) is 4.74 Å². The predicted octanol–water partition coefficient (Wildman–Crippen LogP) is 4.59. The molecule has 2 aromatic rings. The number of carbonyl (C=O) groups is 2. The first-order valence-corrected chi connectivity index (χ1v) is 10.3. The van der Waals surface area contributed by atoms with Gasteiger partial charge in [-0.2, -0.15) is 0 Å². The van der Waals surface area contributed by atoms with Crippen LogP contribution in [0, 0.1) is 5.82 Å². The molecule has 156 valence electrons. The van der Waals surface area contributed by atoms with Crippen molar-refractivity contribution in [3.8, 4) is 5.75 Å². The Morgan fingerprint density at radius 3 is 2.30 bits per heavy atom. The maximum absolute atomic E-state index is 13.3. The molecule has 0 aromatic heterocycles. The number of ketones is 1. The molecule has 1 unspecified atom stereocenters. The number of hydrogen-bond acceptors (Lipinski definition) is 4. The van der Waals surface area contributed by atoms with Crippen LogP contribution in [0.15, 0.2) is 54.1 Å². The summed E-state index contributed by atoms with van der Waals surface area (Å²) in [7, 11) is 0. The van der Waals surface area contributed by atoms with Crippen LogP contribution in [0.2, 0.25) is 0 Å². The highest BCUT2D eigenvalue weighted by Crippen LogP contribution is 2.43. The van der Waals surface area contributed by atoms with Gasteiger partial charge in [0.05, 0.1) is 18.2 Å². The van der Waals surface area contributed by atoms with E-state index < -0.39 is 23.5 Å². The van der Waals surface area contributed by atoms with Gasteiger partial charge in [0, 0.05) is 11.6 Å². The van der Waals surface area contributed by atoms with Crippen molar-refractivity contribution in [2.24, 2.45) is 0 Å². The van der Waals surface area contributed by atoms with Gasteiger partial charge in [0.25, 0.3) is 11.7 Å². The van der Waals surface area contributed by atoms with Crippen molar-refractivity contribution in [3.63, 3.8) is 0 Å². The number of nitrogens with zero attached hydrogens (tertiary/aromatic N) is 1. The minimum absolute atomic E-state index is 0.0441. The first kappa shape index (κ1) is 20.1. The van der Waals surface area contributed by atoms with Gasteiger partial charge in [0.2, 0.25) is 0 Å². The van der Waals surface area contributed by atoms with Crippen molar-refractivity contribution in [2.45, 2.75) is 44.7 Å². The molecule has 4 rings (SSSR count). The molecular weight excluding hydrogens is 385 g/mol. The fraction of sp³-hybridized carbons (Fsp3) is 0.333. The zero-order chi connectivity index (χ0) is 21.3. The number of benzene rings is 2. The fourth-order valence-electron chi connectivity index (χ4n) is 4.41. The third kappa shape index (κ3) is 3.58. The zero-order valence-corrected chi connectivity index (χ0v) is 16.8. The number of Topliss-reactive ketones (excluding diaryl/α,β-unsaturated/α-hetero) is 1. The van der Waals surface area contributed by atoms with Gasteiger partial charge >= 0.3 is 0 Å². The summed E-state index contributed by atoms with van der Waals surface area (Å²) in [5.41, 5.74) is 1.08. The number of halogens is 1. The third-order valence-corrected chi connectivity index (χ3v) is 5.82. The fourth-order valence-corrected chi connectivity index (χ4v) is 4.41. The normalized spacial score (nSPS) is 21.4. The SMILES string of the molecule is CCOc1ccc(C2/C(=C(/O)c3ccc(F)cc3)C(=O)C(=O)N2C2CCCC2)cc1. The molecule has 1 N–H and O–H groups in total. The molecule has 0 bridgehead atoms. The maximum Gasteiger partial charge on any atom is 0.295 e. The van der Waals surface area contributed by atoms with Crippen LogP contribution in [0.3, 0.4) is 0 Å². The van der Waals surface area contributed by atoms with E-state index in [2.05, 4.69) is 0 Å². The van der Waals surface area contributed by atoms with E-state index >= 15 is 0 Å². The van der Waals surface area contributed by atoms with Crippen molar-refractivity contribution in [2.75, 3.05) is 6.61 Å². The van der Waals surface area contributed by atoms with Gasteiger partial charge in [-0.25, -0.2) is 4.39 Å². The highest BCUT2D eigenvalue weighted by Gasteiger charge is 2.49. The molecule has 1 saturated heterocycles. The Labute approximate surface area is 174 Å². The van der Waals surface area contributed by atoms with Gasteiger partial charge in [0.15, 0.2) is 0 Å². The van der Waals surface area contributed by atoms with E-state index in [-0.39, 0.29) is 17.4 Å². The van der Waals surface area contributed by atoms with Gasteiger partial charge in [-0.1, -0.05) is 25.0 Å². The molecule has 1 atom stereocenters. The lowest BCUT2D eigenvalue weighted by Crippen LogP contribution is -2.37. The number of amides is 1. The molecule has 0 radical (unpaired) electrons. The van der Waals surface area contributed by atoms with Crippen LogP contribution >= 0.6 is 0 Å². The number of rotatable bonds is 5. The molecule has 1 aliphatic carbocycles. The molecule has 1 heterocycles. The van der Waals surface area contributed by atoms with Crippen molar-refractivity contribution in [1.82, 2.24) is 4.90 Å². The number of likely N-dealkylation sites (tertiary alicyclic amines) is 1. The van der Waals surface area contributed by atoms with Gasteiger partial charge in [-0.3, -0.25) is 9.59 Å². The summed E-state index contributed by atoms with van der Waals surface area (Å²) in [6.45, 7) is 2.43. The first-order chi connectivity index (χ1) is 14.5. The minimum atomic E-state index is -0.706. The second-order valence-electron chi connectivity index (χ2n) is 7.65.